The quantitative estimate of drug-likeness (QED) is 0.375. The number of hydrogen-bond donors (Lipinski definition) is 3. The van der Waals surface area contributed by atoms with Gasteiger partial charge in [0, 0.05) is 6.54 Å². The van der Waals surface area contributed by atoms with E-state index in [-0.39, 0.29) is 23.6 Å². The average molecular weight is 546 g/mol. The Morgan fingerprint density at radius 2 is 1.78 bits per heavy atom. The number of benzene rings is 2. The summed E-state index contributed by atoms with van der Waals surface area (Å²) in [6.07, 6.45) is -4.29. The molecular formula is C23H21ClF5N5O3. The van der Waals surface area contributed by atoms with E-state index in [1.807, 2.05) is 5.32 Å². The molecule has 8 nitrogen and oxygen atoms in total. The number of carbonyl (C=O) groups excluding carboxylic acids is 2. The van der Waals surface area contributed by atoms with Gasteiger partial charge in [0.2, 0.25) is 0 Å². The van der Waals surface area contributed by atoms with Crippen molar-refractivity contribution in [2.24, 2.45) is 0 Å². The van der Waals surface area contributed by atoms with Crippen molar-refractivity contribution in [2.45, 2.75) is 18.7 Å². The first-order chi connectivity index (χ1) is 17.3. The summed E-state index contributed by atoms with van der Waals surface area (Å²) in [6.45, 7) is -1.58. The molecule has 2 amide bonds. The SMILES string of the molecule is CCN(CC(O)(CNC(=O)c1cnn(-c2ccc(F)cc2)c1N)C(F)(F)F)C(=O)c1cccc(F)c1Cl. The van der Waals surface area contributed by atoms with Crippen LogP contribution >= 0.6 is 11.6 Å². The topological polar surface area (TPSA) is 113 Å². The molecule has 2 aromatic carbocycles. The van der Waals surface area contributed by atoms with Crippen molar-refractivity contribution in [3.8, 4) is 5.69 Å². The van der Waals surface area contributed by atoms with Gasteiger partial charge < -0.3 is 21.1 Å². The zero-order valence-corrected chi connectivity index (χ0v) is 19.9. The molecule has 0 bridgehead atoms. The van der Waals surface area contributed by atoms with Crippen LogP contribution in [-0.4, -0.2) is 63.0 Å². The number of aromatic nitrogens is 2. The number of anilines is 1. The number of alkyl halides is 3. The maximum atomic E-state index is 13.9. The van der Waals surface area contributed by atoms with Crippen LogP contribution in [0.3, 0.4) is 0 Å². The van der Waals surface area contributed by atoms with Gasteiger partial charge in [-0.25, -0.2) is 13.5 Å². The van der Waals surface area contributed by atoms with Crippen LogP contribution < -0.4 is 11.1 Å². The predicted molar refractivity (Wildman–Crippen MR) is 124 cm³/mol. The molecule has 3 aromatic rings. The Kier molecular flexibility index (Phi) is 8.08. The van der Waals surface area contributed by atoms with E-state index in [1.54, 1.807) is 0 Å². The Morgan fingerprint density at radius 3 is 2.38 bits per heavy atom. The normalized spacial score (nSPS) is 13.2. The number of likely N-dealkylation sites (N-methyl/N-ethyl adjacent to an activating group) is 1. The molecule has 0 radical (unpaired) electrons. The number of nitrogens with zero attached hydrogens (tertiary/aromatic N) is 3. The molecule has 1 heterocycles. The fraction of sp³-hybridized carbons (Fsp3) is 0.261. The lowest BCUT2D eigenvalue weighted by atomic mass is 10.0. The summed E-state index contributed by atoms with van der Waals surface area (Å²) in [6, 6.07) is 8.16. The largest absolute Gasteiger partial charge is 0.420 e. The van der Waals surface area contributed by atoms with Gasteiger partial charge in [0.25, 0.3) is 11.8 Å². The zero-order valence-electron chi connectivity index (χ0n) is 19.2. The summed E-state index contributed by atoms with van der Waals surface area (Å²) >= 11 is 5.79. The summed E-state index contributed by atoms with van der Waals surface area (Å²) in [5.74, 6) is -3.86. The average Bonchev–Trinajstić information content (AvgIpc) is 3.23. The van der Waals surface area contributed by atoms with Gasteiger partial charge in [-0.05, 0) is 43.3 Å². The fourth-order valence-electron chi connectivity index (χ4n) is 3.37. The van der Waals surface area contributed by atoms with Gasteiger partial charge >= 0.3 is 6.18 Å². The van der Waals surface area contributed by atoms with Gasteiger partial charge in [-0.1, -0.05) is 17.7 Å². The molecule has 1 unspecified atom stereocenters. The van der Waals surface area contributed by atoms with Gasteiger partial charge in [0.1, 0.15) is 23.0 Å². The Morgan fingerprint density at radius 1 is 1.14 bits per heavy atom. The number of nitrogens with one attached hydrogen (secondary N) is 1. The number of hydrogen-bond acceptors (Lipinski definition) is 5. The smallest absolute Gasteiger partial charge is 0.383 e. The third-order valence-electron chi connectivity index (χ3n) is 5.49. The van der Waals surface area contributed by atoms with Crippen LogP contribution in [0.1, 0.15) is 27.6 Å². The lowest BCUT2D eigenvalue weighted by Crippen LogP contribution is -2.60. The molecule has 0 fully saturated rings. The number of rotatable bonds is 8. The first kappa shape index (κ1) is 27.9. The van der Waals surface area contributed by atoms with E-state index in [0.717, 1.165) is 41.2 Å². The number of halogens is 6. The van der Waals surface area contributed by atoms with Crippen LogP contribution in [0.2, 0.25) is 5.02 Å². The first-order valence-electron chi connectivity index (χ1n) is 10.7. The molecule has 198 valence electrons. The molecule has 1 atom stereocenters. The van der Waals surface area contributed by atoms with Gasteiger partial charge in [-0.2, -0.15) is 18.3 Å². The lowest BCUT2D eigenvalue weighted by Gasteiger charge is -2.35. The molecule has 0 aliphatic carbocycles. The number of amides is 2. The highest BCUT2D eigenvalue weighted by molar-refractivity contribution is 6.34. The van der Waals surface area contributed by atoms with Crippen LogP contribution in [0.15, 0.2) is 48.7 Å². The molecule has 4 N–H and O–H groups in total. The van der Waals surface area contributed by atoms with Crippen LogP contribution in [-0.2, 0) is 0 Å². The van der Waals surface area contributed by atoms with Gasteiger partial charge in [-0.3, -0.25) is 9.59 Å². The molecule has 0 saturated carbocycles. The standard InChI is InChI=1S/C23H21ClF5N5O3/c1-2-33(21(36)15-4-3-5-17(26)18(15)24)12-22(37,23(27,28)29)11-31-20(35)16-10-32-34(19(16)30)14-8-6-13(25)7-9-14/h3-10,37H,2,11-12,30H2,1H3,(H,31,35). The van der Waals surface area contributed by atoms with Crippen LogP contribution in [0.5, 0.6) is 0 Å². The van der Waals surface area contributed by atoms with Crippen LogP contribution in [0, 0.1) is 11.6 Å². The van der Waals surface area contributed by atoms with Crippen molar-refractivity contribution in [3.63, 3.8) is 0 Å². The Balaban J connectivity index is 1.80. The van der Waals surface area contributed by atoms with E-state index in [2.05, 4.69) is 5.10 Å². The number of nitrogen functional groups attached to an aromatic ring is 1. The second kappa shape index (κ2) is 10.7. The third-order valence-corrected chi connectivity index (χ3v) is 5.88. The van der Waals surface area contributed by atoms with Crippen molar-refractivity contribution in [1.29, 1.82) is 0 Å². The van der Waals surface area contributed by atoms with Crippen LogP contribution in [0.4, 0.5) is 27.8 Å². The maximum Gasteiger partial charge on any atom is 0.420 e. The van der Waals surface area contributed by atoms with Crippen molar-refractivity contribution in [1.82, 2.24) is 20.0 Å². The molecule has 0 aliphatic heterocycles. The first-order valence-corrected chi connectivity index (χ1v) is 11.1. The highest BCUT2D eigenvalue weighted by Crippen LogP contribution is 2.32. The third kappa shape index (κ3) is 5.83. The van der Waals surface area contributed by atoms with E-state index >= 15 is 0 Å². The van der Waals surface area contributed by atoms with E-state index < -0.39 is 58.9 Å². The Hall–Kier alpha value is -3.71. The molecule has 1 aromatic heterocycles. The molecule has 14 heteroatoms. The predicted octanol–water partition coefficient (Wildman–Crippen LogP) is 3.57. The van der Waals surface area contributed by atoms with E-state index in [4.69, 9.17) is 17.3 Å². The highest BCUT2D eigenvalue weighted by Gasteiger charge is 2.55. The Bertz CT molecular complexity index is 1300. The van der Waals surface area contributed by atoms with Crippen molar-refractivity contribution in [3.05, 3.63) is 76.4 Å². The molecule has 0 aliphatic rings. The van der Waals surface area contributed by atoms with Crippen molar-refractivity contribution in [2.75, 3.05) is 25.4 Å². The Labute approximate surface area is 212 Å². The second-order valence-corrected chi connectivity index (χ2v) is 8.34. The van der Waals surface area contributed by atoms with E-state index in [0.29, 0.717) is 4.90 Å². The van der Waals surface area contributed by atoms with Gasteiger partial charge in [0.15, 0.2) is 5.60 Å². The van der Waals surface area contributed by atoms with Gasteiger partial charge in [0.05, 0.1) is 35.6 Å². The minimum Gasteiger partial charge on any atom is -0.383 e. The lowest BCUT2D eigenvalue weighted by molar-refractivity contribution is -0.259. The minimum atomic E-state index is -5.29. The van der Waals surface area contributed by atoms with Crippen molar-refractivity contribution < 1.29 is 36.6 Å². The second-order valence-electron chi connectivity index (χ2n) is 7.96. The molecule has 3 rings (SSSR count). The summed E-state index contributed by atoms with van der Waals surface area (Å²) in [5, 5.41) is 15.8. The van der Waals surface area contributed by atoms with E-state index in [1.165, 1.54) is 19.1 Å². The molecule has 0 spiro atoms. The molecular weight excluding hydrogens is 525 g/mol. The van der Waals surface area contributed by atoms with Crippen LogP contribution in [0.25, 0.3) is 5.69 Å². The highest BCUT2D eigenvalue weighted by atomic mass is 35.5. The summed E-state index contributed by atoms with van der Waals surface area (Å²) in [7, 11) is 0. The summed E-state index contributed by atoms with van der Waals surface area (Å²) < 4.78 is 69.7. The number of carbonyl (C=O) groups is 2. The number of nitrogens with two attached hydrogens (primary N) is 1. The zero-order chi connectivity index (χ0) is 27.5. The summed E-state index contributed by atoms with van der Waals surface area (Å²) in [5.41, 5.74) is 1.91. The maximum absolute atomic E-state index is 13.9. The monoisotopic (exact) mass is 545 g/mol. The molecule has 0 saturated heterocycles. The minimum absolute atomic E-state index is 0.245. The fourth-order valence-corrected chi connectivity index (χ4v) is 3.58. The molecule has 37 heavy (non-hydrogen) atoms. The van der Waals surface area contributed by atoms with Gasteiger partial charge in [-0.15, -0.1) is 0 Å². The summed E-state index contributed by atoms with van der Waals surface area (Å²) in [4.78, 5) is 26.0. The van der Waals surface area contributed by atoms with Crippen molar-refractivity contribution >= 4 is 29.2 Å². The number of aliphatic hydroxyl groups is 1. The van der Waals surface area contributed by atoms with E-state index in [9.17, 15) is 36.6 Å².